The Morgan fingerprint density at radius 1 is 1.09 bits per heavy atom. The summed E-state index contributed by atoms with van der Waals surface area (Å²) in [4.78, 5) is 20.5. The van der Waals surface area contributed by atoms with E-state index in [1.807, 2.05) is 0 Å². The van der Waals surface area contributed by atoms with E-state index in [1.54, 1.807) is 42.6 Å². The molecule has 0 spiro atoms. The van der Waals surface area contributed by atoms with E-state index >= 15 is 0 Å². The van der Waals surface area contributed by atoms with Crippen LogP contribution in [0.2, 0.25) is 0 Å². The standard InChI is InChI=1S/C24H25N5O5S/c1-33-22-14-18(7-9-21(22)34-24(30)19-6-5-11-25-16-19)15-27-28-23-10-8-20(17-26-23)35(31,32)29-12-3-2-4-13-29/h5-11,14-17H,2-4,12-13H2,1H3,(H,26,28)/b27-15+. The van der Waals surface area contributed by atoms with E-state index in [0.717, 1.165) is 19.3 Å². The average Bonchev–Trinajstić information content (AvgIpc) is 2.90. The van der Waals surface area contributed by atoms with Gasteiger partial charge in [-0.3, -0.25) is 10.4 Å². The van der Waals surface area contributed by atoms with Gasteiger partial charge in [-0.1, -0.05) is 6.42 Å². The predicted molar refractivity (Wildman–Crippen MR) is 130 cm³/mol. The number of piperidine rings is 1. The quantitative estimate of drug-likeness (QED) is 0.218. The van der Waals surface area contributed by atoms with Crippen molar-refractivity contribution in [2.24, 2.45) is 5.10 Å². The van der Waals surface area contributed by atoms with E-state index in [-0.39, 0.29) is 10.6 Å². The largest absolute Gasteiger partial charge is 0.493 e. The molecule has 0 atom stereocenters. The molecule has 0 aliphatic carbocycles. The van der Waals surface area contributed by atoms with E-state index in [2.05, 4.69) is 20.5 Å². The lowest BCUT2D eigenvalue weighted by Gasteiger charge is -2.25. The fourth-order valence-corrected chi connectivity index (χ4v) is 4.98. The maximum absolute atomic E-state index is 12.7. The third-order valence-corrected chi connectivity index (χ3v) is 7.25. The van der Waals surface area contributed by atoms with Crippen LogP contribution in [0.3, 0.4) is 0 Å². The number of hydrogen-bond donors (Lipinski definition) is 1. The predicted octanol–water partition coefficient (Wildman–Crippen LogP) is 3.33. The molecule has 182 valence electrons. The second kappa shape index (κ2) is 11.1. The minimum Gasteiger partial charge on any atom is -0.493 e. The van der Waals surface area contributed by atoms with Gasteiger partial charge in [0.15, 0.2) is 11.5 Å². The number of esters is 1. The molecule has 10 nitrogen and oxygen atoms in total. The van der Waals surface area contributed by atoms with Crippen LogP contribution in [0.4, 0.5) is 5.82 Å². The number of rotatable bonds is 8. The van der Waals surface area contributed by atoms with E-state index in [9.17, 15) is 13.2 Å². The zero-order valence-electron chi connectivity index (χ0n) is 19.1. The lowest BCUT2D eigenvalue weighted by molar-refractivity contribution is 0.0729. The number of carbonyl (C=O) groups excluding carboxylic acids is 1. The number of hydrazone groups is 1. The summed E-state index contributed by atoms with van der Waals surface area (Å²) >= 11 is 0. The van der Waals surface area contributed by atoms with Gasteiger partial charge in [-0.05, 0) is 60.9 Å². The van der Waals surface area contributed by atoms with Gasteiger partial charge in [0.2, 0.25) is 10.0 Å². The number of methoxy groups -OCH3 is 1. The lowest BCUT2D eigenvalue weighted by atomic mass is 10.2. The molecule has 4 rings (SSSR count). The monoisotopic (exact) mass is 495 g/mol. The third kappa shape index (κ3) is 6.00. The highest BCUT2D eigenvalue weighted by atomic mass is 32.2. The van der Waals surface area contributed by atoms with Crippen LogP contribution >= 0.6 is 0 Å². The Morgan fingerprint density at radius 3 is 2.60 bits per heavy atom. The summed E-state index contributed by atoms with van der Waals surface area (Å²) in [6.45, 7) is 1.08. The Morgan fingerprint density at radius 2 is 1.91 bits per heavy atom. The van der Waals surface area contributed by atoms with Crippen LogP contribution in [0.25, 0.3) is 0 Å². The number of carbonyl (C=O) groups is 1. The molecule has 2 aromatic heterocycles. The number of nitrogens with one attached hydrogen (secondary N) is 1. The van der Waals surface area contributed by atoms with Crippen LogP contribution in [-0.4, -0.2) is 55.1 Å². The lowest BCUT2D eigenvalue weighted by Crippen LogP contribution is -2.35. The smallest absolute Gasteiger partial charge is 0.345 e. The summed E-state index contributed by atoms with van der Waals surface area (Å²) in [6, 6.07) is 11.3. The fourth-order valence-electron chi connectivity index (χ4n) is 3.52. The summed E-state index contributed by atoms with van der Waals surface area (Å²) in [6.07, 6.45) is 8.66. The summed E-state index contributed by atoms with van der Waals surface area (Å²) in [5.41, 5.74) is 3.78. The first-order valence-corrected chi connectivity index (χ1v) is 12.5. The molecule has 1 saturated heterocycles. The van der Waals surface area contributed by atoms with E-state index in [0.29, 0.717) is 35.8 Å². The molecule has 1 aliphatic rings. The average molecular weight is 496 g/mol. The molecule has 1 fully saturated rings. The van der Waals surface area contributed by atoms with Crippen molar-refractivity contribution >= 4 is 28.0 Å². The second-order valence-corrected chi connectivity index (χ2v) is 9.69. The number of aromatic nitrogens is 2. The van der Waals surface area contributed by atoms with Crippen molar-refractivity contribution in [3.63, 3.8) is 0 Å². The van der Waals surface area contributed by atoms with Crippen molar-refractivity contribution in [2.45, 2.75) is 24.2 Å². The molecule has 0 radical (unpaired) electrons. The maximum Gasteiger partial charge on any atom is 0.345 e. The van der Waals surface area contributed by atoms with Crippen molar-refractivity contribution in [1.29, 1.82) is 0 Å². The van der Waals surface area contributed by atoms with Crippen molar-refractivity contribution in [2.75, 3.05) is 25.6 Å². The SMILES string of the molecule is COc1cc(/C=N/Nc2ccc(S(=O)(=O)N3CCCCC3)cn2)ccc1OC(=O)c1cccnc1. The first-order valence-electron chi connectivity index (χ1n) is 11.0. The molecule has 0 bridgehead atoms. The fraction of sp³-hybridized carbons (Fsp3) is 0.250. The number of anilines is 1. The zero-order valence-corrected chi connectivity index (χ0v) is 19.9. The number of ether oxygens (including phenoxy) is 2. The third-order valence-electron chi connectivity index (χ3n) is 5.37. The van der Waals surface area contributed by atoms with Gasteiger partial charge in [-0.2, -0.15) is 9.41 Å². The molecule has 1 N–H and O–H groups in total. The second-order valence-electron chi connectivity index (χ2n) is 7.76. The molecule has 0 amide bonds. The number of sulfonamides is 1. The van der Waals surface area contributed by atoms with Crippen LogP contribution in [0, 0.1) is 0 Å². The van der Waals surface area contributed by atoms with Gasteiger partial charge in [-0.15, -0.1) is 0 Å². The first-order chi connectivity index (χ1) is 17.0. The van der Waals surface area contributed by atoms with Gasteiger partial charge in [0.25, 0.3) is 0 Å². The molecule has 1 aromatic carbocycles. The van der Waals surface area contributed by atoms with Gasteiger partial charge < -0.3 is 9.47 Å². The van der Waals surface area contributed by atoms with Gasteiger partial charge in [0.05, 0.1) is 18.9 Å². The minimum atomic E-state index is -3.53. The Hall–Kier alpha value is -3.83. The minimum absolute atomic E-state index is 0.162. The molecule has 1 aliphatic heterocycles. The Balaban J connectivity index is 1.38. The summed E-state index contributed by atoms with van der Waals surface area (Å²) in [5, 5.41) is 4.14. The van der Waals surface area contributed by atoms with Gasteiger partial charge in [-0.25, -0.2) is 18.2 Å². The molecule has 11 heteroatoms. The summed E-state index contributed by atoms with van der Waals surface area (Å²) in [7, 11) is -2.06. The first kappa shape index (κ1) is 24.3. The van der Waals surface area contributed by atoms with Crippen LogP contribution in [0.5, 0.6) is 11.5 Å². The molecular formula is C24H25N5O5S. The van der Waals surface area contributed by atoms with Crippen LogP contribution in [-0.2, 0) is 10.0 Å². The van der Waals surface area contributed by atoms with E-state index < -0.39 is 16.0 Å². The van der Waals surface area contributed by atoms with Crippen molar-refractivity contribution < 1.29 is 22.7 Å². The van der Waals surface area contributed by atoms with E-state index in [4.69, 9.17) is 9.47 Å². The topological polar surface area (TPSA) is 123 Å². The molecule has 0 unspecified atom stereocenters. The van der Waals surface area contributed by atoms with Crippen molar-refractivity contribution in [3.8, 4) is 11.5 Å². The summed E-state index contributed by atoms with van der Waals surface area (Å²) < 4.78 is 37.7. The molecule has 0 saturated carbocycles. The molecular weight excluding hydrogens is 470 g/mol. The van der Waals surface area contributed by atoms with E-state index in [1.165, 1.54) is 36.1 Å². The Kier molecular flexibility index (Phi) is 7.68. The molecule has 3 aromatic rings. The Labute approximate surface area is 203 Å². The zero-order chi connectivity index (χ0) is 24.7. The van der Waals surface area contributed by atoms with Crippen LogP contribution in [0.15, 0.2) is 71.1 Å². The number of pyridine rings is 2. The van der Waals surface area contributed by atoms with Gasteiger partial charge in [0.1, 0.15) is 10.7 Å². The van der Waals surface area contributed by atoms with Gasteiger partial charge in [0, 0.05) is 31.7 Å². The number of benzene rings is 1. The number of hydrogen-bond acceptors (Lipinski definition) is 9. The highest BCUT2D eigenvalue weighted by Gasteiger charge is 2.26. The normalized spacial score (nSPS) is 14.5. The molecule has 3 heterocycles. The van der Waals surface area contributed by atoms with Crippen LogP contribution < -0.4 is 14.9 Å². The highest BCUT2D eigenvalue weighted by molar-refractivity contribution is 7.89. The highest BCUT2D eigenvalue weighted by Crippen LogP contribution is 2.28. The number of nitrogens with zero attached hydrogens (tertiary/aromatic N) is 4. The maximum atomic E-state index is 12.7. The van der Waals surface area contributed by atoms with Crippen molar-refractivity contribution in [1.82, 2.24) is 14.3 Å². The van der Waals surface area contributed by atoms with Crippen LogP contribution in [0.1, 0.15) is 35.2 Å². The Bertz CT molecular complexity index is 1290. The summed E-state index contributed by atoms with van der Waals surface area (Å²) in [5.74, 6) is 0.472. The van der Waals surface area contributed by atoms with Crippen molar-refractivity contribution in [3.05, 3.63) is 72.2 Å². The molecule has 35 heavy (non-hydrogen) atoms. The van der Waals surface area contributed by atoms with Gasteiger partial charge >= 0.3 is 5.97 Å².